The maximum Gasteiger partial charge on any atom is 0.140 e. The minimum absolute atomic E-state index is 0.0171. The number of hydrogen-bond acceptors (Lipinski definition) is 4. The molecule has 0 radical (unpaired) electrons. The minimum Gasteiger partial charge on any atom is -0.456 e. The lowest BCUT2D eigenvalue weighted by atomic mass is 9.77. The van der Waals surface area contributed by atoms with Gasteiger partial charge >= 0.3 is 0 Å². The average molecular weight is 1090 g/mol. The van der Waals surface area contributed by atoms with E-state index in [4.69, 9.17) is 8.83 Å². The van der Waals surface area contributed by atoms with Crippen molar-refractivity contribution in [1.82, 2.24) is 0 Å². The van der Waals surface area contributed by atoms with Crippen LogP contribution in [0.2, 0.25) is 0 Å². The molecule has 0 amide bonds. The van der Waals surface area contributed by atoms with Crippen LogP contribution in [0.3, 0.4) is 0 Å². The van der Waals surface area contributed by atoms with Gasteiger partial charge in [-0.25, -0.2) is 0 Å². The summed E-state index contributed by atoms with van der Waals surface area (Å²) in [6.07, 6.45) is 0. The van der Waals surface area contributed by atoms with E-state index in [1.54, 1.807) is 0 Å². The number of aryl methyl sites for hydroxylation is 4. The van der Waals surface area contributed by atoms with Crippen molar-refractivity contribution in [3.05, 3.63) is 189 Å². The molecule has 0 bridgehead atoms. The van der Waals surface area contributed by atoms with Crippen LogP contribution >= 0.6 is 0 Å². The number of furan rings is 2. The van der Waals surface area contributed by atoms with Crippen LogP contribution in [0.1, 0.15) is 180 Å². The van der Waals surface area contributed by atoms with Crippen molar-refractivity contribution in [2.24, 2.45) is 0 Å². The first kappa shape index (κ1) is 56.6. The fraction of sp³-hybridized carbons (Fsp3) is 0.359. The van der Waals surface area contributed by atoms with Gasteiger partial charge in [0.05, 0.1) is 0 Å². The van der Waals surface area contributed by atoms with Crippen LogP contribution in [-0.4, -0.2) is 0 Å². The third-order valence-corrected chi connectivity index (χ3v) is 17.5. The zero-order chi connectivity index (χ0) is 59.3. The fourth-order valence-electron chi connectivity index (χ4n) is 12.5. The van der Waals surface area contributed by atoms with E-state index in [0.29, 0.717) is 0 Å². The van der Waals surface area contributed by atoms with Crippen LogP contribution in [0.4, 0.5) is 34.1 Å². The molecular formula is C78H88N2O2. The van der Waals surface area contributed by atoms with Crippen molar-refractivity contribution in [2.45, 2.75) is 185 Å². The summed E-state index contributed by atoms with van der Waals surface area (Å²) in [4.78, 5) is 4.98. The summed E-state index contributed by atoms with van der Waals surface area (Å²) in [5.41, 5.74) is 22.4. The van der Waals surface area contributed by atoms with Crippen LogP contribution in [-0.2, 0) is 32.5 Å². The molecule has 4 heteroatoms. The maximum absolute atomic E-state index is 7.43. The Hall–Kier alpha value is -7.30. The summed E-state index contributed by atoms with van der Waals surface area (Å²) < 4.78 is 14.9. The highest BCUT2D eigenvalue weighted by Crippen LogP contribution is 2.53. The Morgan fingerprint density at radius 1 is 0.280 bits per heavy atom. The summed E-state index contributed by atoms with van der Waals surface area (Å²) in [6.45, 7) is 50.5. The lowest BCUT2D eigenvalue weighted by Gasteiger charge is -2.32. The van der Waals surface area contributed by atoms with Gasteiger partial charge in [0.1, 0.15) is 22.3 Å². The van der Waals surface area contributed by atoms with Gasteiger partial charge in [-0.1, -0.05) is 185 Å². The van der Waals surface area contributed by atoms with Crippen molar-refractivity contribution < 1.29 is 8.83 Å². The zero-order valence-electron chi connectivity index (χ0n) is 53.4. The first-order valence-corrected chi connectivity index (χ1v) is 29.9. The van der Waals surface area contributed by atoms with Gasteiger partial charge in [0.25, 0.3) is 0 Å². The Morgan fingerprint density at radius 3 is 0.817 bits per heavy atom. The van der Waals surface area contributed by atoms with E-state index in [1.807, 2.05) is 0 Å². The third kappa shape index (κ3) is 9.86. The Kier molecular flexibility index (Phi) is 13.2. The Balaban J connectivity index is 1.13. The molecule has 2 heterocycles. The fourth-order valence-corrected chi connectivity index (χ4v) is 12.5. The van der Waals surface area contributed by atoms with Gasteiger partial charge < -0.3 is 18.6 Å². The number of fused-ring (bicyclic) bond motifs is 8. The van der Waals surface area contributed by atoms with Crippen molar-refractivity contribution in [1.29, 1.82) is 0 Å². The average Bonchev–Trinajstić information content (AvgIpc) is 1.66. The molecule has 0 saturated heterocycles. The molecule has 9 aromatic carbocycles. The van der Waals surface area contributed by atoms with Crippen molar-refractivity contribution >= 4 is 99.5 Å². The molecule has 82 heavy (non-hydrogen) atoms. The number of hydrogen-bond donors (Lipinski definition) is 0. The Bertz CT molecular complexity index is 3970. The molecular weight excluding hydrogens is 997 g/mol. The molecule has 11 rings (SSSR count). The molecule has 11 aromatic rings. The first-order valence-electron chi connectivity index (χ1n) is 29.9. The number of anilines is 6. The van der Waals surface area contributed by atoms with Gasteiger partial charge in [-0.3, -0.25) is 0 Å². The molecule has 0 fully saturated rings. The quantitative estimate of drug-likeness (QED) is 0.166. The molecule has 0 aliphatic carbocycles. The van der Waals surface area contributed by atoms with Gasteiger partial charge in [0.2, 0.25) is 0 Å². The molecule has 0 N–H and O–H groups in total. The van der Waals surface area contributed by atoms with E-state index in [1.165, 1.54) is 78.4 Å². The summed E-state index contributed by atoms with van der Waals surface area (Å²) in [6, 6.07) is 51.3. The molecule has 0 aliphatic heterocycles. The third-order valence-electron chi connectivity index (χ3n) is 17.5. The molecule has 4 nitrogen and oxygen atoms in total. The molecule has 0 unspecified atom stereocenters. The number of nitrogens with zero attached hydrogens (tertiary/aromatic N) is 2. The van der Waals surface area contributed by atoms with Crippen LogP contribution in [0.5, 0.6) is 0 Å². The van der Waals surface area contributed by atoms with E-state index in [-0.39, 0.29) is 32.5 Å². The highest BCUT2D eigenvalue weighted by atomic mass is 16.3. The van der Waals surface area contributed by atoms with E-state index < -0.39 is 0 Å². The first-order chi connectivity index (χ1) is 38.1. The van der Waals surface area contributed by atoms with Crippen LogP contribution in [0.25, 0.3) is 65.4 Å². The number of rotatable bonds is 6. The van der Waals surface area contributed by atoms with Crippen molar-refractivity contribution in [3.63, 3.8) is 0 Å². The molecule has 0 atom stereocenters. The SMILES string of the molecule is Cc1ccc(C(C)(C)C)cc1N(c1ccc2cc3c(cc2c1)oc1c(C(C)(C)C)c2c(oc4cc5cc(N(c6cc(C(C)(C)C)ccc6C)c6cc(C(C)(C)C)ccc6C)ccc5cc42)c(C(C)(C)C)c13)c1cc(C(C)(C)C)ccc1C. The van der Waals surface area contributed by atoms with E-state index in [9.17, 15) is 0 Å². The van der Waals surface area contributed by atoms with E-state index in [2.05, 4.69) is 296 Å². The van der Waals surface area contributed by atoms with Gasteiger partial charge in [0.15, 0.2) is 0 Å². The molecule has 0 saturated carbocycles. The van der Waals surface area contributed by atoms with E-state index in [0.717, 1.165) is 76.8 Å². The predicted molar refractivity (Wildman–Crippen MR) is 357 cm³/mol. The molecule has 0 spiro atoms. The molecule has 422 valence electrons. The number of benzene rings is 9. The van der Waals surface area contributed by atoms with Crippen molar-refractivity contribution in [3.8, 4) is 0 Å². The van der Waals surface area contributed by atoms with Gasteiger partial charge in [-0.05, 0) is 199 Å². The Morgan fingerprint density at radius 2 is 0.561 bits per heavy atom. The lowest BCUT2D eigenvalue weighted by molar-refractivity contribution is 0.564. The summed E-state index contributed by atoms with van der Waals surface area (Å²) in [5, 5.41) is 9.09. The second-order valence-corrected chi connectivity index (χ2v) is 30.3. The van der Waals surface area contributed by atoms with Crippen LogP contribution in [0.15, 0.2) is 142 Å². The molecule has 2 aromatic heterocycles. The maximum atomic E-state index is 7.43. The second-order valence-electron chi connectivity index (χ2n) is 30.3. The normalized spacial score (nSPS) is 13.2. The standard InChI is InChI=1S/C78H88N2O2/c1-45-23-29-53(73(5,6)7)41-61(45)79(62-42-54(74(8,9)10)30-24-46(62)2)57-33-27-49-37-59-65(39-51(49)35-57)81-71-67(59)69(77(17,18)19)72-68(70(71)78(20,21)22)60-38-50-28-34-58(36-52(50)40-66(60)82-72)80(63-43-55(75(11,12)13)31-25-47(63)3)64-44-56(76(14,15)16)32-26-48(64)4/h23-44H,1-22H3. The van der Waals surface area contributed by atoms with Crippen molar-refractivity contribution in [2.75, 3.05) is 9.80 Å². The van der Waals surface area contributed by atoms with Gasteiger partial charge in [-0.2, -0.15) is 0 Å². The zero-order valence-corrected chi connectivity index (χ0v) is 53.4. The summed E-state index contributed by atoms with van der Waals surface area (Å²) in [5.74, 6) is 0. The molecule has 0 aliphatic rings. The van der Waals surface area contributed by atoms with Crippen LogP contribution < -0.4 is 9.80 Å². The van der Waals surface area contributed by atoms with E-state index >= 15 is 0 Å². The lowest BCUT2D eigenvalue weighted by Crippen LogP contribution is -2.18. The van der Waals surface area contributed by atoms with Gasteiger partial charge in [-0.15, -0.1) is 0 Å². The second kappa shape index (κ2) is 19.1. The van der Waals surface area contributed by atoms with Crippen LogP contribution in [0, 0.1) is 27.7 Å². The smallest absolute Gasteiger partial charge is 0.140 e. The highest BCUT2D eigenvalue weighted by Gasteiger charge is 2.35. The Labute approximate surface area is 489 Å². The highest BCUT2D eigenvalue weighted by molar-refractivity contribution is 6.23. The predicted octanol–water partition coefficient (Wildman–Crippen LogP) is 23.8. The summed E-state index contributed by atoms with van der Waals surface area (Å²) >= 11 is 0. The monoisotopic (exact) mass is 1080 g/mol. The summed E-state index contributed by atoms with van der Waals surface area (Å²) in [7, 11) is 0. The largest absolute Gasteiger partial charge is 0.456 e. The van der Waals surface area contributed by atoms with Gasteiger partial charge in [0, 0.05) is 66.8 Å². The topological polar surface area (TPSA) is 32.8 Å². The minimum atomic E-state index is -0.304.